The molecule has 0 aromatic heterocycles. The Morgan fingerprint density at radius 1 is 0.864 bits per heavy atom. The Labute approximate surface area is 128 Å². The fourth-order valence-electron chi connectivity index (χ4n) is 1.75. The van der Waals surface area contributed by atoms with Crippen LogP contribution in [0.1, 0.15) is 0 Å². The van der Waals surface area contributed by atoms with Gasteiger partial charge in [-0.3, -0.25) is 9.59 Å². The van der Waals surface area contributed by atoms with Gasteiger partial charge in [0.2, 0.25) is 5.91 Å². The first-order chi connectivity index (χ1) is 10.7. The van der Waals surface area contributed by atoms with E-state index in [1.807, 2.05) is 18.2 Å². The highest BCUT2D eigenvalue weighted by Gasteiger charge is 2.09. The molecule has 22 heavy (non-hydrogen) atoms. The van der Waals surface area contributed by atoms with Gasteiger partial charge in [0.05, 0.1) is 17.9 Å². The smallest absolute Gasteiger partial charge is 0.262 e. The number of carbonyl (C=O) groups is 2. The van der Waals surface area contributed by atoms with Crippen molar-refractivity contribution in [2.75, 3.05) is 23.8 Å². The van der Waals surface area contributed by atoms with E-state index < -0.39 is 0 Å². The van der Waals surface area contributed by atoms with Gasteiger partial charge in [-0.25, -0.2) is 0 Å². The van der Waals surface area contributed by atoms with Crippen LogP contribution in [0, 0.1) is 0 Å². The van der Waals surface area contributed by atoms with Crippen molar-refractivity contribution < 1.29 is 14.3 Å². The van der Waals surface area contributed by atoms with E-state index in [1.54, 1.807) is 36.4 Å². The second-order valence-corrected chi connectivity index (χ2v) is 4.45. The van der Waals surface area contributed by atoms with Crippen LogP contribution >= 0.6 is 0 Å². The van der Waals surface area contributed by atoms with Gasteiger partial charge in [0.1, 0.15) is 5.75 Å². The first kappa shape index (κ1) is 15.5. The molecule has 2 aromatic rings. The molecule has 0 heterocycles. The molecule has 2 aromatic carbocycles. The Bertz CT molecular complexity index is 644. The number of rotatable bonds is 6. The van der Waals surface area contributed by atoms with E-state index in [-0.39, 0.29) is 25.0 Å². The number of carbonyl (C=O) groups excluding carboxylic acids is 2. The summed E-state index contributed by atoms with van der Waals surface area (Å²) in [6.07, 6.45) is 0. The maximum atomic E-state index is 11.9. The lowest BCUT2D eigenvalue weighted by Gasteiger charge is -2.12. The van der Waals surface area contributed by atoms with Crippen molar-refractivity contribution in [3.8, 4) is 5.75 Å². The molecule has 4 N–H and O–H groups in total. The number of ether oxygens (including phenoxy) is 1. The number of nitrogens with two attached hydrogens (primary N) is 1. The molecule has 0 saturated carbocycles. The Kier molecular flexibility index (Phi) is 5.50. The van der Waals surface area contributed by atoms with E-state index in [4.69, 9.17) is 10.5 Å². The SMILES string of the molecule is NCC(=O)Nc1ccccc1NC(=O)COc1ccccc1. The second kappa shape index (κ2) is 7.80. The molecular weight excluding hydrogens is 282 g/mol. The summed E-state index contributed by atoms with van der Waals surface area (Å²) in [6.45, 7) is -0.247. The molecule has 0 aliphatic carbocycles. The van der Waals surface area contributed by atoms with Crippen LogP contribution in [0.2, 0.25) is 0 Å². The molecule has 6 nitrogen and oxygen atoms in total. The summed E-state index contributed by atoms with van der Waals surface area (Å²) in [6, 6.07) is 15.9. The number of nitrogens with one attached hydrogen (secondary N) is 2. The quantitative estimate of drug-likeness (QED) is 0.755. The Morgan fingerprint density at radius 2 is 1.41 bits per heavy atom. The highest BCUT2D eigenvalue weighted by atomic mass is 16.5. The average molecular weight is 299 g/mol. The van der Waals surface area contributed by atoms with Crippen molar-refractivity contribution in [1.29, 1.82) is 0 Å². The van der Waals surface area contributed by atoms with Gasteiger partial charge >= 0.3 is 0 Å². The Morgan fingerprint density at radius 3 is 2.00 bits per heavy atom. The zero-order valence-electron chi connectivity index (χ0n) is 11.9. The van der Waals surface area contributed by atoms with E-state index in [1.165, 1.54) is 0 Å². The van der Waals surface area contributed by atoms with E-state index in [9.17, 15) is 9.59 Å². The number of anilines is 2. The highest BCUT2D eigenvalue weighted by molar-refractivity contribution is 6.00. The summed E-state index contributed by atoms with van der Waals surface area (Å²) in [5.74, 6) is -0.0390. The molecule has 0 bridgehead atoms. The summed E-state index contributed by atoms with van der Waals surface area (Å²) in [5, 5.41) is 5.31. The van der Waals surface area contributed by atoms with Crippen molar-refractivity contribution in [1.82, 2.24) is 0 Å². The number of hydrogen-bond acceptors (Lipinski definition) is 4. The second-order valence-electron chi connectivity index (χ2n) is 4.45. The Hall–Kier alpha value is -2.86. The van der Waals surface area contributed by atoms with Crippen LogP contribution in [0.15, 0.2) is 54.6 Å². The minimum Gasteiger partial charge on any atom is -0.484 e. The van der Waals surface area contributed by atoms with Crippen molar-refractivity contribution in [3.05, 3.63) is 54.6 Å². The molecule has 2 rings (SSSR count). The fraction of sp³-hybridized carbons (Fsp3) is 0.125. The molecule has 0 saturated heterocycles. The number of hydrogen-bond donors (Lipinski definition) is 3. The van der Waals surface area contributed by atoms with Crippen molar-refractivity contribution in [2.45, 2.75) is 0 Å². The molecular formula is C16H17N3O3. The maximum absolute atomic E-state index is 11.9. The molecule has 0 radical (unpaired) electrons. The van der Waals surface area contributed by atoms with E-state index in [0.29, 0.717) is 17.1 Å². The summed E-state index contributed by atoms with van der Waals surface area (Å²) in [4.78, 5) is 23.3. The predicted octanol–water partition coefficient (Wildman–Crippen LogP) is 1.60. The van der Waals surface area contributed by atoms with Crippen LogP contribution < -0.4 is 21.1 Å². The van der Waals surface area contributed by atoms with E-state index in [0.717, 1.165) is 0 Å². The zero-order chi connectivity index (χ0) is 15.8. The lowest BCUT2D eigenvalue weighted by atomic mass is 10.2. The third kappa shape index (κ3) is 4.60. The van der Waals surface area contributed by atoms with Gasteiger partial charge < -0.3 is 21.1 Å². The number of amides is 2. The molecule has 0 fully saturated rings. The molecule has 2 amide bonds. The largest absolute Gasteiger partial charge is 0.484 e. The van der Waals surface area contributed by atoms with Gasteiger partial charge in [-0.05, 0) is 24.3 Å². The van der Waals surface area contributed by atoms with Crippen LogP contribution in [0.4, 0.5) is 11.4 Å². The van der Waals surface area contributed by atoms with Crippen LogP contribution in [-0.4, -0.2) is 25.0 Å². The molecule has 0 spiro atoms. The molecule has 0 atom stereocenters. The van der Waals surface area contributed by atoms with Gasteiger partial charge in [-0.2, -0.15) is 0 Å². The summed E-state index contributed by atoms with van der Waals surface area (Å²) in [7, 11) is 0. The lowest BCUT2D eigenvalue weighted by Crippen LogP contribution is -2.24. The van der Waals surface area contributed by atoms with E-state index in [2.05, 4.69) is 10.6 Å². The summed E-state index contributed by atoms with van der Waals surface area (Å²) < 4.78 is 5.36. The third-order valence-corrected chi connectivity index (χ3v) is 2.77. The lowest BCUT2D eigenvalue weighted by molar-refractivity contribution is -0.118. The molecule has 0 aliphatic rings. The summed E-state index contributed by atoms with van der Waals surface area (Å²) >= 11 is 0. The summed E-state index contributed by atoms with van der Waals surface area (Å²) in [5.41, 5.74) is 6.25. The molecule has 0 aliphatic heterocycles. The van der Waals surface area contributed by atoms with Gasteiger partial charge in [0, 0.05) is 0 Å². The number of benzene rings is 2. The third-order valence-electron chi connectivity index (χ3n) is 2.77. The van der Waals surface area contributed by atoms with Crippen LogP contribution in [0.3, 0.4) is 0 Å². The van der Waals surface area contributed by atoms with Gasteiger partial charge in [0.25, 0.3) is 5.91 Å². The van der Waals surface area contributed by atoms with Crippen molar-refractivity contribution in [2.24, 2.45) is 5.73 Å². The highest BCUT2D eigenvalue weighted by Crippen LogP contribution is 2.20. The predicted molar refractivity (Wildman–Crippen MR) is 84.7 cm³/mol. The zero-order valence-corrected chi connectivity index (χ0v) is 11.9. The van der Waals surface area contributed by atoms with Crippen molar-refractivity contribution in [3.63, 3.8) is 0 Å². The van der Waals surface area contributed by atoms with Gasteiger partial charge in [-0.15, -0.1) is 0 Å². The monoisotopic (exact) mass is 299 g/mol. The minimum absolute atomic E-state index is 0.122. The molecule has 0 unspecified atom stereocenters. The van der Waals surface area contributed by atoms with Crippen molar-refractivity contribution >= 4 is 23.2 Å². The van der Waals surface area contributed by atoms with E-state index >= 15 is 0 Å². The standard InChI is InChI=1S/C16H17N3O3/c17-10-15(20)18-13-8-4-5-9-14(13)19-16(21)11-22-12-6-2-1-3-7-12/h1-9H,10-11,17H2,(H,18,20)(H,19,21). The first-order valence-electron chi connectivity index (χ1n) is 6.75. The van der Waals surface area contributed by atoms with Crippen LogP contribution in [0.5, 0.6) is 5.75 Å². The maximum Gasteiger partial charge on any atom is 0.262 e. The minimum atomic E-state index is -0.331. The van der Waals surface area contributed by atoms with Crippen LogP contribution in [-0.2, 0) is 9.59 Å². The Balaban J connectivity index is 1.95. The fourth-order valence-corrected chi connectivity index (χ4v) is 1.75. The average Bonchev–Trinajstić information content (AvgIpc) is 2.55. The number of para-hydroxylation sites is 3. The molecule has 114 valence electrons. The first-order valence-corrected chi connectivity index (χ1v) is 6.75. The topological polar surface area (TPSA) is 93.5 Å². The van der Waals surface area contributed by atoms with Gasteiger partial charge in [0.15, 0.2) is 6.61 Å². The van der Waals surface area contributed by atoms with Crippen LogP contribution in [0.25, 0.3) is 0 Å². The molecule has 6 heteroatoms. The normalized spacial score (nSPS) is 9.86. The van der Waals surface area contributed by atoms with Gasteiger partial charge in [-0.1, -0.05) is 30.3 Å².